The molecule has 160 valence electrons. The van der Waals surface area contributed by atoms with Crippen LogP contribution in [0.5, 0.6) is 0 Å². The summed E-state index contributed by atoms with van der Waals surface area (Å²) in [4.78, 5) is 31.7. The van der Waals surface area contributed by atoms with Crippen LogP contribution in [0.2, 0.25) is 0 Å². The van der Waals surface area contributed by atoms with Crippen LogP contribution in [0.3, 0.4) is 0 Å². The molecule has 8 nitrogen and oxygen atoms in total. The van der Waals surface area contributed by atoms with E-state index in [4.69, 9.17) is 0 Å². The van der Waals surface area contributed by atoms with Gasteiger partial charge in [-0.1, -0.05) is 29.8 Å². The lowest BCUT2D eigenvalue weighted by atomic mass is 10.1. The van der Waals surface area contributed by atoms with E-state index in [1.54, 1.807) is 18.5 Å². The van der Waals surface area contributed by atoms with E-state index in [1.165, 1.54) is 5.56 Å². The quantitative estimate of drug-likeness (QED) is 0.488. The van der Waals surface area contributed by atoms with E-state index in [0.29, 0.717) is 18.5 Å². The van der Waals surface area contributed by atoms with Gasteiger partial charge in [0.25, 0.3) is 5.69 Å². The first-order valence-electron chi connectivity index (χ1n) is 10.3. The molecular formula is C23H25N5O3. The van der Waals surface area contributed by atoms with Gasteiger partial charge in [-0.05, 0) is 24.6 Å². The molecule has 2 heterocycles. The lowest BCUT2D eigenvalue weighted by Crippen LogP contribution is -2.49. The number of pyridine rings is 1. The van der Waals surface area contributed by atoms with Crippen molar-refractivity contribution in [1.29, 1.82) is 0 Å². The molecule has 8 heteroatoms. The van der Waals surface area contributed by atoms with Crippen LogP contribution in [0.25, 0.3) is 10.8 Å². The van der Waals surface area contributed by atoms with Gasteiger partial charge in [-0.25, -0.2) is 0 Å². The van der Waals surface area contributed by atoms with Gasteiger partial charge in [0.15, 0.2) is 0 Å². The van der Waals surface area contributed by atoms with E-state index < -0.39 is 0 Å². The molecule has 1 N–H and O–H groups in total. The van der Waals surface area contributed by atoms with Gasteiger partial charge in [-0.15, -0.1) is 0 Å². The third-order valence-corrected chi connectivity index (χ3v) is 5.66. The molecular weight excluding hydrogens is 394 g/mol. The first-order chi connectivity index (χ1) is 15.0. The molecule has 0 bridgehead atoms. The zero-order valence-electron chi connectivity index (χ0n) is 17.5. The lowest BCUT2D eigenvalue weighted by Gasteiger charge is -2.36. The molecule has 0 atom stereocenters. The first-order valence-corrected chi connectivity index (χ1v) is 10.3. The summed E-state index contributed by atoms with van der Waals surface area (Å²) in [5, 5.41) is 15.7. The summed E-state index contributed by atoms with van der Waals surface area (Å²) in [6.45, 7) is 5.94. The lowest BCUT2D eigenvalue weighted by molar-refractivity contribution is -0.383. The van der Waals surface area contributed by atoms with E-state index in [-0.39, 0.29) is 16.5 Å². The SMILES string of the molecule is Cc1ccc(CNC(=O)CN2CCN(c3ccc([N+](=O)[O-])c4cnccc34)CC2)cc1. The van der Waals surface area contributed by atoms with Crippen molar-refractivity contribution < 1.29 is 9.72 Å². The Morgan fingerprint density at radius 1 is 1.06 bits per heavy atom. The van der Waals surface area contributed by atoms with E-state index in [2.05, 4.69) is 20.1 Å². The third-order valence-electron chi connectivity index (χ3n) is 5.66. The number of nitrogens with one attached hydrogen (secondary N) is 1. The number of benzene rings is 2. The average molecular weight is 419 g/mol. The highest BCUT2D eigenvalue weighted by molar-refractivity contribution is 5.99. The molecule has 2 aromatic carbocycles. The number of nitro groups is 1. The second kappa shape index (κ2) is 9.09. The van der Waals surface area contributed by atoms with E-state index in [9.17, 15) is 14.9 Å². The summed E-state index contributed by atoms with van der Waals surface area (Å²) in [6, 6.07) is 13.3. The van der Waals surface area contributed by atoms with E-state index in [0.717, 1.165) is 42.8 Å². The Labute approximate surface area is 180 Å². The number of amides is 1. The molecule has 1 fully saturated rings. The molecule has 1 saturated heterocycles. The predicted octanol–water partition coefficient (Wildman–Crippen LogP) is 2.89. The number of nitrogens with zero attached hydrogens (tertiary/aromatic N) is 4. The van der Waals surface area contributed by atoms with Gasteiger partial charge in [-0.3, -0.25) is 24.8 Å². The van der Waals surface area contributed by atoms with Crippen LogP contribution < -0.4 is 10.2 Å². The zero-order valence-corrected chi connectivity index (χ0v) is 17.5. The van der Waals surface area contributed by atoms with Crippen molar-refractivity contribution in [1.82, 2.24) is 15.2 Å². The molecule has 0 radical (unpaired) electrons. The molecule has 0 aliphatic carbocycles. The Bertz CT molecular complexity index is 1090. The van der Waals surface area contributed by atoms with Crippen molar-refractivity contribution >= 4 is 28.1 Å². The second-order valence-electron chi connectivity index (χ2n) is 7.81. The minimum Gasteiger partial charge on any atom is -0.368 e. The summed E-state index contributed by atoms with van der Waals surface area (Å²) in [5.41, 5.74) is 3.32. The van der Waals surface area contributed by atoms with Gasteiger partial charge in [0, 0.05) is 62.3 Å². The number of carbonyl (C=O) groups is 1. The van der Waals surface area contributed by atoms with Crippen molar-refractivity contribution in [3.8, 4) is 0 Å². The van der Waals surface area contributed by atoms with Crippen molar-refractivity contribution in [2.24, 2.45) is 0 Å². The summed E-state index contributed by atoms with van der Waals surface area (Å²) in [7, 11) is 0. The number of aromatic nitrogens is 1. The zero-order chi connectivity index (χ0) is 21.8. The van der Waals surface area contributed by atoms with Crippen LogP contribution >= 0.6 is 0 Å². The maximum atomic E-state index is 12.3. The topological polar surface area (TPSA) is 91.6 Å². The number of carbonyl (C=O) groups excluding carboxylic acids is 1. The average Bonchev–Trinajstić information content (AvgIpc) is 2.78. The Morgan fingerprint density at radius 2 is 1.81 bits per heavy atom. The van der Waals surface area contributed by atoms with Crippen LogP contribution in [0.4, 0.5) is 11.4 Å². The Hall–Kier alpha value is -3.52. The highest BCUT2D eigenvalue weighted by atomic mass is 16.6. The summed E-state index contributed by atoms with van der Waals surface area (Å²) < 4.78 is 0. The highest BCUT2D eigenvalue weighted by Crippen LogP contribution is 2.33. The standard InChI is InChI=1S/C23H25N5O3/c1-17-2-4-18(5-3-17)14-25-23(29)16-26-10-12-27(13-11-26)21-6-7-22(28(30)31)20-15-24-9-8-19(20)21/h2-9,15H,10-14,16H2,1H3,(H,25,29). The number of hydrogen-bond donors (Lipinski definition) is 1. The number of piperazine rings is 1. The minimum absolute atomic E-state index is 0.0147. The van der Waals surface area contributed by atoms with Crippen molar-refractivity contribution in [3.05, 3.63) is 76.1 Å². The fourth-order valence-corrected chi connectivity index (χ4v) is 3.91. The number of aryl methyl sites for hydroxylation is 1. The van der Waals surface area contributed by atoms with Crippen molar-refractivity contribution in [2.45, 2.75) is 13.5 Å². The number of non-ortho nitro benzene ring substituents is 1. The molecule has 0 spiro atoms. The number of nitro benzene ring substituents is 1. The predicted molar refractivity (Wildman–Crippen MR) is 120 cm³/mol. The largest absolute Gasteiger partial charge is 0.368 e. The normalized spacial score (nSPS) is 14.5. The fraction of sp³-hybridized carbons (Fsp3) is 0.304. The maximum Gasteiger partial charge on any atom is 0.278 e. The summed E-state index contributed by atoms with van der Waals surface area (Å²) in [6.07, 6.45) is 3.20. The van der Waals surface area contributed by atoms with Crippen LogP contribution in [-0.2, 0) is 11.3 Å². The molecule has 1 aliphatic rings. The molecule has 1 amide bonds. The number of rotatable bonds is 6. The van der Waals surface area contributed by atoms with Gasteiger partial charge in [0.05, 0.1) is 16.9 Å². The minimum atomic E-state index is -0.374. The molecule has 1 aliphatic heterocycles. The van der Waals surface area contributed by atoms with E-state index >= 15 is 0 Å². The fourth-order valence-electron chi connectivity index (χ4n) is 3.91. The number of hydrogen-bond acceptors (Lipinski definition) is 6. The van der Waals surface area contributed by atoms with E-state index in [1.807, 2.05) is 43.3 Å². The van der Waals surface area contributed by atoms with Crippen molar-refractivity contribution in [3.63, 3.8) is 0 Å². The summed E-state index contributed by atoms with van der Waals surface area (Å²) in [5.74, 6) is 0.0147. The number of fused-ring (bicyclic) bond motifs is 1. The Kier molecular flexibility index (Phi) is 6.08. The molecule has 3 aromatic rings. The van der Waals surface area contributed by atoms with Gasteiger partial charge in [0.2, 0.25) is 5.91 Å². The smallest absolute Gasteiger partial charge is 0.278 e. The molecule has 1 aromatic heterocycles. The molecule has 31 heavy (non-hydrogen) atoms. The maximum absolute atomic E-state index is 12.3. The molecule has 0 saturated carbocycles. The van der Waals surface area contributed by atoms with Gasteiger partial charge < -0.3 is 10.2 Å². The highest BCUT2D eigenvalue weighted by Gasteiger charge is 2.22. The third kappa shape index (κ3) is 4.80. The van der Waals surface area contributed by atoms with Gasteiger partial charge >= 0.3 is 0 Å². The van der Waals surface area contributed by atoms with Crippen LogP contribution in [0, 0.1) is 17.0 Å². The van der Waals surface area contributed by atoms with Crippen LogP contribution in [0.1, 0.15) is 11.1 Å². The monoisotopic (exact) mass is 419 g/mol. The second-order valence-corrected chi connectivity index (χ2v) is 7.81. The molecule has 0 unspecified atom stereocenters. The first kappa shape index (κ1) is 20.7. The molecule has 4 rings (SSSR count). The summed E-state index contributed by atoms with van der Waals surface area (Å²) >= 11 is 0. The Morgan fingerprint density at radius 3 is 2.52 bits per heavy atom. The van der Waals surface area contributed by atoms with Crippen LogP contribution in [-0.4, -0.2) is 53.4 Å². The number of anilines is 1. The Balaban J connectivity index is 1.34. The van der Waals surface area contributed by atoms with Gasteiger partial charge in [0.1, 0.15) is 0 Å². The van der Waals surface area contributed by atoms with Crippen LogP contribution in [0.15, 0.2) is 54.9 Å². The van der Waals surface area contributed by atoms with Crippen molar-refractivity contribution in [2.75, 3.05) is 37.6 Å². The van der Waals surface area contributed by atoms with Gasteiger partial charge in [-0.2, -0.15) is 0 Å².